The molecule has 0 unspecified atom stereocenters. The van der Waals surface area contributed by atoms with Gasteiger partial charge >= 0.3 is 0 Å². The summed E-state index contributed by atoms with van der Waals surface area (Å²) in [5, 5.41) is 7.60. The lowest BCUT2D eigenvalue weighted by atomic mass is 10.2. The van der Waals surface area contributed by atoms with Crippen LogP contribution in [0.2, 0.25) is 5.02 Å². The molecular formula is C16H14ClFN2O3S. The second kappa shape index (κ2) is 7.12. The van der Waals surface area contributed by atoms with Gasteiger partial charge in [-0.05, 0) is 48.4 Å². The highest BCUT2D eigenvalue weighted by molar-refractivity contribution is 7.89. The van der Waals surface area contributed by atoms with Gasteiger partial charge in [0.15, 0.2) is 0 Å². The van der Waals surface area contributed by atoms with E-state index in [4.69, 9.17) is 16.7 Å². The lowest BCUT2D eigenvalue weighted by molar-refractivity contribution is -0.111. The van der Waals surface area contributed by atoms with E-state index in [9.17, 15) is 17.6 Å². The molecule has 0 bridgehead atoms. The van der Waals surface area contributed by atoms with Gasteiger partial charge in [-0.2, -0.15) is 0 Å². The minimum absolute atomic E-state index is 0.0473. The number of benzene rings is 2. The van der Waals surface area contributed by atoms with Gasteiger partial charge in [-0.15, -0.1) is 0 Å². The lowest BCUT2D eigenvalue weighted by Gasteiger charge is -2.07. The maximum absolute atomic E-state index is 13.1. The van der Waals surface area contributed by atoms with Crippen LogP contribution >= 0.6 is 11.6 Å². The third-order valence-corrected chi connectivity index (χ3v) is 4.48. The number of carbonyl (C=O) groups excluding carboxylic acids is 1. The summed E-state index contributed by atoms with van der Waals surface area (Å²) in [6.07, 6.45) is 2.68. The van der Waals surface area contributed by atoms with Crippen LogP contribution in [0.3, 0.4) is 0 Å². The molecule has 2 aromatic carbocycles. The maximum atomic E-state index is 13.1. The van der Waals surface area contributed by atoms with Gasteiger partial charge in [0.05, 0.1) is 9.92 Å². The minimum atomic E-state index is -3.88. The first kappa shape index (κ1) is 18.1. The molecule has 5 nitrogen and oxygen atoms in total. The average Bonchev–Trinajstić information content (AvgIpc) is 2.49. The van der Waals surface area contributed by atoms with E-state index in [0.717, 1.165) is 0 Å². The van der Waals surface area contributed by atoms with Crippen LogP contribution in [-0.2, 0) is 14.8 Å². The molecule has 0 fully saturated rings. The summed E-state index contributed by atoms with van der Waals surface area (Å²) < 4.78 is 36.0. The zero-order valence-electron chi connectivity index (χ0n) is 12.6. The maximum Gasteiger partial charge on any atom is 0.248 e. The predicted molar refractivity (Wildman–Crippen MR) is 91.6 cm³/mol. The van der Waals surface area contributed by atoms with Gasteiger partial charge in [0.1, 0.15) is 5.82 Å². The number of sulfonamides is 1. The van der Waals surface area contributed by atoms with E-state index in [1.165, 1.54) is 36.4 Å². The molecule has 2 rings (SSSR count). The van der Waals surface area contributed by atoms with Gasteiger partial charge < -0.3 is 5.32 Å². The number of primary sulfonamides is 1. The number of carbonyl (C=O) groups is 1. The summed E-state index contributed by atoms with van der Waals surface area (Å²) in [5.74, 6) is -1.03. The zero-order valence-corrected chi connectivity index (χ0v) is 14.2. The van der Waals surface area contributed by atoms with E-state index in [0.29, 0.717) is 11.1 Å². The number of aryl methyl sites for hydroxylation is 1. The number of halogens is 2. The van der Waals surface area contributed by atoms with Crippen LogP contribution in [0.4, 0.5) is 10.1 Å². The van der Waals surface area contributed by atoms with Crippen LogP contribution in [0.5, 0.6) is 0 Å². The van der Waals surface area contributed by atoms with Gasteiger partial charge in [0, 0.05) is 11.8 Å². The van der Waals surface area contributed by atoms with Crippen molar-refractivity contribution < 1.29 is 17.6 Å². The molecule has 126 valence electrons. The van der Waals surface area contributed by atoms with E-state index >= 15 is 0 Å². The molecule has 0 radical (unpaired) electrons. The number of nitrogens with two attached hydrogens (primary N) is 1. The van der Waals surface area contributed by atoms with Crippen molar-refractivity contribution in [2.75, 3.05) is 5.32 Å². The fourth-order valence-corrected chi connectivity index (χ4v) is 2.95. The van der Waals surface area contributed by atoms with Crippen LogP contribution in [0.1, 0.15) is 11.1 Å². The highest BCUT2D eigenvalue weighted by Gasteiger charge is 2.12. The fraction of sp³-hybridized carbons (Fsp3) is 0.0625. The summed E-state index contributed by atoms with van der Waals surface area (Å²) in [4.78, 5) is 11.8. The van der Waals surface area contributed by atoms with Gasteiger partial charge in [-0.1, -0.05) is 23.7 Å². The predicted octanol–water partition coefficient (Wildman–Crippen LogP) is 3.09. The lowest BCUT2D eigenvalue weighted by Crippen LogP contribution is -2.15. The third-order valence-electron chi connectivity index (χ3n) is 3.13. The SMILES string of the molecule is Cc1ccc(NC(=O)C=Cc2ccc(F)c(Cl)c2)cc1S(N)(=O)=O. The van der Waals surface area contributed by atoms with E-state index in [2.05, 4.69) is 5.32 Å². The molecule has 0 aromatic heterocycles. The molecule has 8 heteroatoms. The van der Waals surface area contributed by atoms with E-state index in [1.54, 1.807) is 19.1 Å². The Balaban J connectivity index is 2.15. The largest absolute Gasteiger partial charge is 0.322 e. The van der Waals surface area contributed by atoms with Crippen LogP contribution in [0.25, 0.3) is 6.08 Å². The number of rotatable bonds is 4. The molecule has 0 heterocycles. The smallest absolute Gasteiger partial charge is 0.248 e. The molecule has 3 N–H and O–H groups in total. The Morgan fingerprint density at radius 2 is 1.96 bits per heavy atom. The Bertz CT molecular complexity index is 927. The summed E-state index contributed by atoms with van der Waals surface area (Å²) in [6, 6.07) is 8.42. The molecule has 0 aliphatic carbocycles. The number of hydrogen-bond acceptors (Lipinski definition) is 3. The average molecular weight is 369 g/mol. The summed E-state index contributed by atoms with van der Waals surface area (Å²) in [5.41, 5.74) is 1.31. The Kier molecular flexibility index (Phi) is 5.38. The normalized spacial score (nSPS) is 11.7. The van der Waals surface area contributed by atoms with Gasteiger partial charge in [-0.3, -0.25) is 4.79 Å². The fourth-order valence-electron chi connectivity index (χ4n) is 1.96. The van der Waals surface area contributed by atoms with Crippen molar-refractivity contribution in [2.24, 2.45) is 5.14 Å². The molecule has 2 aromatic rings. The molecular weight excluding hydrogens is 355 g/mol. The first-order chi connectivity index (χ1) is 11.2. The van der Waals surface area contributed by atoms with Gasteiger partial charge in [-0.25, -0.2) is 17.9 Å². The molecule has 0 aliphatic rings. The molecule has 0 saturated carbocycles. The molecule has 0 aliphatic heterocycles. The van der Waals surface area contributed by atoms with Crippen molar-refractivity contribution in [3.63, 3.8) is 0 Å². The quantitative estimate of drug-likeness (QED) is 0.812. The topological polar surface area (TPSA) is 89.3 Å². The molecule has 0 spiro atoms. The Hall–Kier alpha value is -2.22. The van der Waals surface area contributed by atoms with Crippen molar-refractivity contribution >= 4 is 39.3 Å². The van der Waals surface area contributed by atoms with Crippen LogP contribution < -0.4 is 10.5 Å². The van der Waals surface area contributed by atoms with Gasteiger partial charge in [0.2, 0.25) is 15.9 Å². The van der Waals surface area contributed by atoms with Crippen molar-refractivity contribution in [1.82, 2.24) is 0 Å². The third kappa shape index (κ3) is 4.64. The minimum Gasteiger partial charge on any atom is -0.322 e. The Morgan fingerprint density at radius 3 is 2.58 bits per heavy atom. The van der Waals surface area contributed by atoms with Crippen molar-refractivity contribution in [3.05, 3.63) is 64.4 Å². The summed E-state index contributed by atoms with van der Waals surface area (Å²) in [6.45, 7) is 1.60. The number of amides is 1. The first-order valence-corrected chi connectivity index (χ1v) is 8.67. The van der Waals surface area contributed by atoms with Crippen LogP contribution in [-0.4, -0.2) is 14.3 Å². The highest BCUT2D eigenvalue weighted by Crippen LogP contribution is 2.19. The number of nitrogens with one attached hydrogen (secondary N) is 1. The van der Waals surface area contributed by atoms with Gasteiger partial charge in [0.25, 0.3) is 0 Å². The highest BCUT2D eigenvalue weighted by atomic mass is 35.5. The monoisotopic (exact) mass is 368 g/mol. The van der Waals surface area contributed by atoms with Crippen molar-refractivity contribution in [3.8, 4) is 0 Å². The molecule has 1 amide bonds. The number of anilines is 1. The van der Waals surface area contributed by atoms with Crippen LogP contribution in [0.15, 0.2) is 47.4 Å². The van der Waals surface area contributed by atoms with E-state index < -0.39 is 21.7 Å². The molecule has 0 saturated heterocycles. The van der Waals surface area contributed by atoms with Crippen molar-refractivity contribution in [2.45, 2.75) is 11.8 Å². The second-order valence-electron chi connectivity index (χ2n) is 5.02. The zero-order chi connectivity index (χ0) is 17.9. The van der Waals surface area contributed by atoms with E-state index in [1.807, 2.05) is 0 Å². The van der Waals surface area contributed by atoms with E-state index in [-0.39, 0.29) is 15.6 Å². The Labute approximate surface area is 144 Å². The number of hydrogen-bond donors (Lipinski definition) is 2. The Morgan fingerprint density at radius 1 is 1.25 bits per heavy atom. The second-order valence-corrected chi connectivity index (χ2v) is 6.96. The first-order valence-electron chi connectivity index (χ1n) is 6.74. The summed E-state index contributed by atoms with van der Waals surface area (Å²) in [7, 11) is -3.88. The molecule has 24 heavy (non-hydrogen) atoms. The van der Waals surface area contributed by atoms with Crippen LogP contribution in [0, 0.1) is 12.7 Å². The summed E-state index contributed by atoms with van der Waals surface area (Å²) >= 11 is 5.66. The van der Waals surface area contributed by atoms with Crippen molar-refractivity contribution in [1.29, 1.82) is 0 Å². The standard InChI is InChI=1S/C16H14ClFN2O3S/c1-10-2-5-12(9-15(10)24(19,22)23)20-16(21)7-4-11-3-6-14(18)13(17)8-11/h2-9H,1H3,(H,20,21)(H2,19,22,23). The molecule has 0 atom stereocenters.